The first-order valence-corrected chi connectivity index (χ1v) is 4.80. The Kier molecular flexibility index (Phi) is 2.90. The molecule has 0 aliphatic rings. The zero-order valence-corrected chi connectivity index (χ0v) is 9.44. The molecule has 0 spiro atoms. The molecule has 0 fully saturated rings. The summed E-state index contributed by atoms with van der Waals surface area (Å²) in [7, 11) is 0. The van der Waals surface area contributed by atoms with E-state index in [1.807, 2.05) is 13.0 Å². The maximum Gasteiger partial charge on any atom is 0.336 e. The van der Waals surface area contributed by atoms with Crippen LogP contribution in [0.15, 0.2) is 21.1 Å². The molecule has 4 heteroatoms. The fraction of sp³-hybridized carbons (Fsp3) is 0.125. The summed E-state index contributed by atoms with van der Waals surface area (Å²) in [4.78, 5) is 10.7. The van der Waals surface area contributed by atoms with Crippen LogP contribution in [0.2, 0.25) is 0 Å². The van der Waals surface area contributed by atoms with Crippen LogP contribution in [-0.4, -0.2) is 11.1 Å². The smallest absolute Gasteiger partial charge is 0.336 e. The van der Waals surface area contributed by atoms with Crippen LogP contribution in [0.25, 0.3) is 0 Å². The number of carbonyl (C=O) groups is 1. The van der Waals surface area contributed by atoms with Gasteiger partial charge in [0, 0.05) is 8.95 Å². The summed E-state index contributed by atoms with van der Waals surface area (Å²) in [6.07, 6.45) is 0. The van der Waals surface area contributed by atoms with Gasteiger partial charge in [0.25, 0.3) is 0 Å². The van der Waals surface area contributed by atoms with E-state index in [-0.39, 0.29) is 5.56 Å². The van der Waals surface area contributed by atoms with Gasteiger partial charge in [-0.3, -0.25) is 0 Å². The van der Waals surface area contributed by atoms with Gasteiger partial charge >= 0.3 is 5.97 Å². The van der Waals surface area contributed by atoms with Gasteiger partial charge in [0.1, 0.15) is 0 Å². The van der Waals surface area contributed by atoms with Crippen LogP contribution in [0, 0.1) is 6.92 Å². The Morgan fingerprint density at radius 1 is 1.42 bits per heavy atom. The van der Waals surface area contributed by atoms with E-state index in [4.69, 9.17) is 5.11 Å². The average Bonchev–Trinajstić information content (AvgIpc) is 1.96. The number of rotatable bonds is 1. The fourth-order valence-electron chi connectivity index (χ4n) is 0.880. The van der Waals surface area contributed by atoms with Gasteiger partial charge in [-0.25, -0.2) is 4.79 Å². The zero-order valence-electron chi connectivity index (χ0n) is 6.27. The van der Waals surface area contributed by atoms with Gasteiger partial charge in [-0.1, -0.05) is 0 Å². The molecule has 0 aliphatic heterocycles. The van der Waals surface area contributed by atoms with Crippen molar-refractivity contribution >= 4 is 37.8 Å². The maximum atomic E-state index is 10.7. The van der Waals surface area contributed by atoms with Crippen molar-refractivity contribution in [2.24, 2.45) is 0 Å². The zero-order chi connectivity index (χ0) is 9.30. The van der Waals surface area contributed by atoms with Crippen molar-refractivity contribution in [3.63, 3.8) is 0 Å². The van der Waals surface area contributed by atoms with Gasteiger partial charge in [0.2, 0.25) is 0 Å². The molecule has 0 unspecified atom stereocenters. The number of aromatic carboxylic acids is 1. The van der Waals surface area contributed by atoms with E-state index in [0.717, 1.165) is 10.0 Å². The minimum Gasteiger partial charge on any atom is -0.478 e. The fourth-order valence-corrected chi connectivity index (χ4v) is 1.85. The molecule has 12 heavy (non-hydrogen) atoms. The van der Waals surface area contributed by atoms with Crippen LogP contribution >= 0.6 is 31.9 Å². The molecule has 0 amide bonds. The highest BCUT2D eigenvalue weighted by Gasteiger charge is 2.10. The number of carboxylic acid groups (broad SMARTS) is 1. The van der Waals surface area contributed by atoms with Gasteiger partial charge in [-0.2, -0.15) is 0 Å². The second-order valence-electron chi connectivity index (χ2n) is 2.41. The Hall–Kier alpha value is -0.350. The third-order valence-electron chi connectivity index (χ3n) is 1.40. The topological polar surface area (TPSA) is 37.3 Å². The van der Waals surface area contributed by atoms with Crippen molar-refractivity contribution in [1.29, 1.82) is 0 Å². The van der Waals surface area contributed by atoms with E-state index in [0.29, 0.717) is 4.47 Å². The van der Waals surface area contributed by atoms with E-state index in [2.05, 4.69) is 31.9 Å². The molecule has 0 bridgehead atoms. The number of halogens is 2. The van der Waals surface area contributed by atoms with Crippen LogP contribution in [0.3, 0.4) is 0 Å². The average molecular weight is 294 g/mol. The third-order valence-corrected chi connectivity index (χ3v) is 3.41. The first-order chi connectivity index (χ1) is 5.52. The lowest BCUT2D eigenvalue weighted by Crippen LogP contribution is -1.98. The molecule has 0 saturated heterocycles. The van der Waals surface area contributed by atoms with Crippen LogP contribution in [0.1, 0.15) is 15.9 Å². The summed E-state index contributed by atoms with van der Waals surface area (Å²) in [6.45, 7) is 1.85. The summed E-state index contributed by atoms with van der Waals surface area (Å²) < 4.78 is 1.35. The molecule has 0 aromatic heterocycles. The third kappa shape index (κ3) is 1.87. The van der Waals surface area contributed by atoms with Crippen LogP contribution < -0.4 is 0 Å². The summed E-state index contributed by atoms with van der Waals surface area (Å²) >= 11 is 6.44. The van der Waals surface area contributed by atoms with Gasteiger partial charge < -0.3 is 5.11 Å². The van der Waals surface area contributed by atoms with Gasteiger partial charge in [0.15, 0.2) is 0 Å². The van der Waals surface area contributed by atoms with E-state index < -0.39 is 5.97 Å². The molecule has 0 atom stereocenters. The Balaban J connectivity index is 3.37. The van der Waals surface area contributed by atoms with E-state index >= 15 is 0 Å². The highest BCUT2D eigenvalue weighted by molar-refractivity contribution is 9.13. The van der Waals surface area contributed by atoms with Crippen molar-refractivity contribution in [2.45, 2.75) is 6.92 Å². The molecule has 64 valence electrons. The molecule has 1 N–H and O–H groups in total. The summed E-state index contributed by atoms with van der Waals surface area (Å²) in [5.74, 6) is -0.925. The maximum absolute atomic E-state index is 10.7. The highest BCUT2D eigenvalue weighted by atomic mass is 79.9. The van der Waals surface area contributed by atoms with Crippen molar-refractivity contribution in [2.75, 3.05) is 0 Å². The lowest BCUT2D eigenvalue weighted by Gasteiger charge is -2.02. The first-order valence-electron chi connectivity index (χ1n) is 3.21. The Labute approximate surface area is 86.9 Å². The quantitative estimate of drug-likeness (QED) is 0.863. The second kappa shape index (κ2) is 3.58. The van der Waals surface area contributed by atoms with Crippen molar-refractivity contribution in [1.82, 2.24) is 0 Å². The number of hydrogen-bond donors (Lipinski definition) is 1. The Morgan fingerprint density at radius 3 is 2.50 bits per heavy atom. The predicted molar refractivity (Wildman–Crippen MR) is 53.5 cm³/mol. The van der Waals surface area contributed by atoms with E-state index in [9.17, 15) is 4.79 Å². The Bertz CT molecular complexity index is 334. The van der Waals surface area contributed by atoms with Gasteiger partial charge in [-0.05, 0) is 56.5 Å². The monoisotopic (exact) mass is 292 g/mol. The highest BCUT2D eigenvalue weighted by Crippen LogP contribution is 2.28. The SMILES string of the molecule is Cc1cc(Br)c(Br)c(C(=O)O)c1. The molecule has 1 rings (SSSR count). The van der Waals surface area contributed by atoms with Crippen molar-refractivity contribution in [3.05, 3.63) is 32.2 Å². The lowest BCUT2D eigenvalue weighted by atomic mass is 10.1. The predicted octanol–water partition coefficient (Wildman–Crippen LogP) is 3.22. The van der Waals surface area contributed by atoms with Gasteiger partial charge in [-0.15, -0.1) is 0 Å². The lowest BCUT2D eigenvalue weighted by molar-refractivity contribution is 0.0695. The second-order valence-corrected chi connectivity index (χ2v) is 4.06. The van der Waals surface area contributed by atoms with Crippen LogP contribution in [-0.2, 0) is 0 Å². The minimum absolute atomic E-state index is 0.280. The normalized spacial score (nSPS) is 9.92. The molecule has 0 aliphatic carbocycles. The summed E-state index contributed by atoms with van der Waals surface area (Å²) in [5, 5.41) is 8.76. The van der Waals surface area contributed by atoms with E-state index in [1.54, 1.807) is 6.07 Å². The standard InChI is InChI=1S/C8H6Br2O2/c1-4-2-5(8(11)12)7(10)6(9)3-4/h2-3H,1H3,(H,11,12). The van der Waals surface area contributed by atoms with Gasteiger partial charge in [0.05, 0.1) is 5.56 Å². The minimum atomic E-state index is -0.925. The summed E-state index contributed by atoms with van der Waals surface area (Å²) in [6, 6.07) is 3.48. The van der Waals surface area contributed by atoms with Crippen molar-refractivity contribution < 1.29 is 9.90 Å². The number of carboxylic acids is 1. The summed E-state index contributed by atoms with van der Waals surface area (Å²) in [5.41, 5.74) is 1.20. The molecule has 0 radical (unpaired) electrons. The number of aryl methyl sites for hydroxylation is 1. The first kappa shape index (κ1) is 9.74. The Morgan fingerprint density at radius 2 is 2.00 bits per heavy atom. The molecule has 2 nitrogen and oxygen atoms in total. The van der Waals surface area contributed by atoms with Crippen molar-refractivity contribution in [3.8, 4) is 0 Å². The van der Waals surface area contributed by atoms with Crippen LogP contribution in [0.5, 0.6) is 0 Å². The molecular formula is C8H6Br2O2. The largest absolute Gasteiger partial charge is 0.478 e. The number of hydrogen-bond acceptors (Lipinski definition) is 1. The molecular weight excluding hydrogens is 288 g/mol. The van der Waals surface area contributed by atoms with Crippen LogP contribution in [0.4, 0.5) is 0 Å². The molecule has 1 aromatic rings. The number of benzene rings is 1. The molecule has 0 heterocycles. The molecule has 0 saturated carbocycles. The van der Waals surface area contributed by atoms with E-state index in [1.165, 1.54) is 0 Å². The molecule has 1 aromatic carbocycles.